The van der Waals surface area contributed by atoms with Crippen LogP contribution in [0.15, 0.2) is 54.6 Å². The van der Waals surface area contributed by atoms with E-state index < -0.39 is 36.2 Å². The Hall–Kier alpha value is -3.48. The molecule has 2 aromatic rings. The zero-order valence-electron chi connectivity index (χ0n) is 22.7. The summed E-state index contributed by atoms with van der Waals surface area (Å²) in [6, 6.07) is 18.3. The van der Waals surface area contributed by atoms with E-state index in [2.05, 4.69) is 11.0 Å². The lowest BCUT2D eigenvalue weighted by atomic mass is 9.84. The lowest BCUT2D eigenvalue weighted by molar-refractivity contribution is -0.192. The Labute approximate surface area is 236 Å². The number of aliphatic hydroxyl groups is 2. The molecule has 4 atom stereocenters. The number of rotatable bonds is 9. The van der Waals surface area contributed by atoms with Crippen LogP contribution in [0.3, 0.4) is 0 Å². The average Bonchev–Trinajstić information content (AvgIpc) is 3.16. The molecule has 2 unspecified atom stereocenters. The van der Waals surface area contributed by atoms with Gasteiger partial charge in [-0.2, -0.15) is 13.2 Å². The molecule has 0 saturated carbocycles. The zero-order valence-corrected chi connectivity index (χ0v) is 22.7. The van der Waals surface area contributed by atoms with Gasteiger partial charge in [0.25, 0.3) is 5.91 Å². The topological polar surface area (TPSA) is 144 Å². The van der Waals surface area contributed by atoms with E-state index in [1.807, 2.05) is 42.5 Å². The number of halogens is 3. The van der Waals surface area contributed by atoms with Crippen LogP contribution in [-0.4, -0.2) is 86.5 Å². The molecule has 2 aromatic carbocycles. The standard InChI is InChI=1S/C27H35N3O4.C2HF3O2/c1-18(31)25(32)27(34)29(17-19-6-3-2-4-7-19)12-13-30-23-10-11-24(30)16-22(15-23)20-8-5-9-21(14-20)26(28)33;3-2(4,5)1(6)7/h2-9,14,18,22-25,31-32H,10-13,15-17H2,1H3,(H2,28,33);(H,6,7)/t18-,22?,23?,24?,25+;/m1./s1. The number of carbonyl (C=O) groups excluding carboxylic acids is 2. The minimum atomic E-state index is -5.08. The molecule has 2 amide bonds. The quantitative estimate of drug-likeness (QED) is 0.358. The summed E-state index contributed by atoms with van der Waals surface area (Å²) >= 11 is 0. The van der Waals surface area contributed by atoms with Crippen molar-refractivity contribution >= 4 is 17.8 Å². The van der Waals surface area contributed by atoms with Gasteiger partial charge in [0.2, 0.25) is 5.91 Å². The summed E-state index contributed by atoms with van der Waals surface area (Å²) in [4.78, 5) is 37.6. The van der Waals surface area contributed by atoms with E-state index in [0.29, 0.717) is 36.7 Å². The highest BCUT2D eigenvalue weighted by molar-refractivity contribution is 5.92. The van der Waals surface area contributed by atoms with E-state index >= 15 is 0 Å². The highest BCUT2D eigenvalue weighted by Gasteiger charge is 2.41. The molecule has 2 saturated heterocycles. The van der Waals surface area contributed by atoms with Crippen molar-refractivity contribution in [1.29, 1.82) is 0 Å². The Morgan fingerprint density at radius 2 is 1.61 bits per heavy atom. The minimum absolute atomic E-state index is 0.396. The first-order chi connectivity index (χ1) is 19.3. The van der Waals surface area contributed by atoms with Crippen LogP contribution in [0.1, 0.15) is 60.0 Å². The number of benzene rings is 2. The predicted molar refractivity (Wildman–Crippen MR) is 144 cm³/mol. The zero-order chi connectivity index (χ0) is 30.3. The van der Waals surface area contributed by atoms with Crippen molar-refractivity contribution in [1.82, 2.24) is 9.80 Å². The van der Waals surface area contributed by atoms with Crippen molar-refractivity contribution in [3.63, 3.8) is 0 Å². The SMILES string of the molecule is C[C@@H](O)[C@H](O)C(=O)N(CCN1C2CCC1CC(c1cccc(C(N)=O)c1)C2)Cc1ccccc1.O=C(O)C(F)(F)F. The fourth-order valence-electron chi connectivity index (χ4n) is 5.56. The third-order valence-electron chi connectivity index (χ3n) is 7.64. The molecule has 0 spiro atoms. The number of carboxylic acids is 1. The second-order valence-electron chi connectivity index (χ2n) is 10.5. The molecule has 0 aromatic heterocycles. The monoisotopic (exact) mass is 579 g/mol. The summed E-state index contributed by atoms with van der Waals surface area (Å²) in [7, 11) is 0. The Morgan fingerprint density at radius 3 is 2.12 bits per heavy atom. The molecule has 224 valence electrons. The van der Waals surface area contributed by atoms with Crippen LogP contribution in [0.5, 0.6) is 0 Å². The fraction of sp³-hybridized carbons (Fsp3) is 0.483. The van der Waals surface area contributed by atoms with Gasteiger partial charge in [0.05, 0.1) is 6.10 Å². The van der Waals surface area contributed by atoms with E-state index in [1.54, 1.807) is 11.0 Å². The highest BCUT2D eigenvalue weighted by atomic mass is 19.4. The van der Waals surface area contributed by atoms with Crippen LogP contribution in [0.25, 0.3) is 0 Å². The maximum Gasteiger partial charge on any atom is 0.490 e. The van der Waals surface area contributed by atoms with Gasteiger partial charge < -0.3 is 26.0 Å². The number of piperidine rings is 1. The molecule has 2 aliphatic heterocycles. The normalized spacial score (nSPS) is 21.8. The lowest BCUT2D eigenvalue weighted by Crippen LogP contribution is -2.49. The van der Waals surface area contributed by atoms with Crippen LogP contribution in [0, 0.1) is 0 Å². The van der Waals surface area contributed by atoms with Gasteiger partial charge in [0.15, 0.2) is 6.10 Å². The smallest absolute Gasteiger partial charge is 0.475 e. The van der Waals surface area contributed by atoms with E-state index in [0.717, 1.165) is 37.8 Å². The number of nitrogens with two attached hydrogens (primary N) is 1. The third kappa shape index (κ3) is 8.75. The van der Waals surface area contributed by atoms with Gasteiger partial charge in [-0.1, -0.05) is 42.5 Å². The van der Waals surface area contributed by atoms with Crippen molar-refractivity contribution in [3.8, 4) is 0 Å². The van der Waals surface area contributed by atoms with Crippen molar-refractivity contribution in [2.75, 3.05) is 13.1 Å². The van der Waals surface area contributed by atoms with Crippen LogP contribution in [0.4, 0.5) is 13.2 Å². The molecule has 41 heavy (non-hydrogen) atoms. The van der Waals surface area contributed by atoms with Crippen LogP contribution >= 0.6 is 0 Å². The lowest BCUT2D eigenvalue weighted by Gasteiger charge is -2.40. The van der Waals surface area contributed by atoms with E-state index in [1.165, 1.54) is 12.5 Å². The van der Waals surface area contributed by atoms with Gasteiger partial charge in [-0.25, -0.2) is 4.79 Å². The molecule has 2 fully saturated rings. The molecule has 9 nitrogen and oxygen atoms in total. The Kier molecular flexibility index (Phi) is 10.9. The largest absolute Gasteiger partial charge is 0.490 e. The fourth-order valence-corrected chi connectivity index (χ4v) is 5.56. The van der Waals surface area contributed by atoms with Gasteiger partial charge in [0, 0.05) is 37.3 Å². The molecular weight excluding hydrogens is 543 g/mol. The predicted octanol–water partition coefficient (Wildman–Crippen LogP) is 2.90. The van der Waals surface area contributed by atoms with E-state index in [9.17, 15) is 33.0 Å². The van der Waals surface area contributed by atoms with Gasteiger partial charge in [-0.15, -0.1) is 0 Å². The Morgan fingerprint density at radius 1 is 1.02 bits per heavy atom. The summed E-state index contributed by atoms with van der Waals surface area (Å²) in [5.41, 5.74) is 8.20. The van der Waals surface area contributed by atoms with Crippen molar-refractivity contribution < 1.29 is 42.9 Å². The first kappa shape index (κ1) is 32.0. The molecule has 0 radical (unpaired) electrons. The van der Waals surface area contributed by atoms with Gasteiger partial charge in [-0.3, -0.25) is 14.5 Å². The number of carboxylic acid groups (broad SMARTS) is 1. The number of hydrogen-bond acceptors (Lipinski definition) is 6. The minimum Gasteiger partial charge on any atom is -0.475 e. The molecule has 12 heteroatoms. The van der Waals surface area contributed by atoms with Crippen LogP contribution in [0.2, 0.25) is 0 Å². The number of primary amides is 1. The molecule has 5 N–H and O–H groups in total. The van der Waals surface area contributed by atoms with Crippen molar-refractivity contribution in [3.05, 3.63) is 71.3 Å². The van der Waals surface area contributed by atoms with Crippen molar-refractivity contribution in [2.45, 2.75) is 75.5 Å². The maximum atomic E-state index is 12.9. The molecule has 2 aliphatic rings. The summed E-state index contributed by atoms with van der Waals surface area (Å²) in [6.45, 7) is 3.05. The summed E-state index contributed by atoms with van der Waals surface area (Å²) < 4.78 is 31.7. The first-order valence-corrected chi connectivity index (χ1v) is 13.4. The number of aliphatic carboxylic acids is 1. The van der Waals surface area contributed by atoms with Crippen LogP contribution < -0.4 is 5.73 Å². The van der Waals surface area contributed by atoms with Crippen molar-refractivity contribution in [2.24, 2.45) is 5.73 Å². The Balaban J connectivity index is 0.000000587. The summed E-state index contributed by atoms with van der Waals surface area (Å²) in [6.07, 6.45) is -3.35. The number of nitrogens with zero attached hydrogens (tertiary/aromatic N) is 2. The number of fused-ring (bicyclic) bond motifs is 2. The number of aliphatic hydroxyl groups excluding tert-OH is 2. The van der Waals surface area contributed by atoms with E-state index in [-0.39, 0.29) is 0 Å². The molecule has 2 heterocycles. The summed E-state index contributed by atoms with van der Waals surface area (Å²) in [5, 5.41) is 27.1. The van der Waals surface area contributed by atoms with Crippen LogP contribution in [-0.2, 0) is 16.1 Å². The Bertz CT molecular complexity index is 1180. The molecular formula is C29H36F3N3O6. The average molecular weight is 580 g/mol. The van der Waals surface area contributed by atoms with Gasteiger partial charge in [-0.05, 0) is 61.8 Å². The third-order valence-corrected chi connectivity index (χ3v) is 7.64. The van der Waals surface area contributed by atoms with Gasteiger partial charge >= 0.3 is 12.1 Å². The van der Waals surface area contributed by atoms with E-state index in [4.69, 9.17) is 15.6 Å². The highest BCUT2D eigenvalue weighted by Crippen LogP contribution is 2.43. The number of alkyl halides is 3. The maximum absolute atomic E-state index is 12.9. The molecule has 4 rings (SSSR count). The first-order valence-electron chi connectivity index (χ1n) is 13.4. The molecule has 0 aliphatic carbocycles. The second-order valence-corrected chi connectivity index (χ2v) is 10.5. The molecule has 2 bridgehead atoms. The number of hydrogen-bond donors (Lipinski definition) is 4. The summed E-state index contributed by atoms with van der Waals surface area (Å²) in [5.74, 6) is -3.20. The van der Waals surface area contributed by atoms with Gasteiger partial charge in [0.1, 0.15) is 0 Å². The number of carbonyl (C=O) groups is 3. The second kappa shape index (κ2) is 13.9. The number of amides is 2.